The van der Waals surface area contributed by atoms with Gasteiger partial charge in [-0.15, -0.1) is 0 Å². The number of benzene rings is 3. The number of nitrogens with zero attached hydrogens (tertiary/aromatic N) is 1. The van der Waals surface area contributed by atoms with E-state index >= 15 is 0 Å². The third-order valence-electron chi connectivity index (χ3n) is 5.69. The molecular formula is C29H19NO4. The van der Waals surface area contributed by atoms with E-state index in [2.05, 4.69) is 18.4 Å². The standard InChI is InChI=1S/C29H19NO4/c1-18(2)29(33)34-22-15-13-21(14-16-22)30-27(31)24-9-5-8-23-20(11-10-19-6-3-4-7-19)12-17-25(26(23)24)28(30)32/h3-6,8-9,12-17H,1,7H2,2H3. The fourth-order valence-corrected chi connectivity index (χ4v) is 3.98. The molecule has 3 aromatic rings. The average Bonchev–Trinajstić information content (AvgIpc) is 3.36. The summed E-state index contributed by atoms with van der Waals surface area (Å²) in [6.07, 6.45) is 6.81. The van der Waals surface area contributed by atoms with Crippen LogP contribution < -0.4 is 9.64 Å². The van der Waals surface area contributed by atoms with Crippen LogP contribution in [0, 0.1) is 11.8 Å². The zero-order valence-corrected chi connectivity index (χ0v) is 18.4. The molecule has 0 N–H and O–H groups in total. The van der Waals surface area contributed by atoms with Crippen molar-refractivity contribution in [1.82, 2.24) is 0 Å². The molecule has 5 nitrogen and oxygen atoms in total. The van der Waals surface area contributed by atoms with Crippen molar-refractivity contribution in [2.45, 2.75) is 13.3 Å². The molecule has 2 aliphatic rings. The molecule has 0 aromatic heterocycles. The number of amides is 2. The molecule has 0 saturated carbocycles. The minimum atomic E-state index is -0.544. The number of rotatable bonds is 3. The summed E-state index contributed by atoms with van der Waals surface area (Å²) in [7, 11) is 0. The lowest BCUT2D eigenvalue weighted by Crippen LogP contribution is -2.40. The first-order valence-electron chi connectivity index (χ1n) is 10.7. The normalized spacial score (nSPS) is 14.0. The summed E-state index contributed by atoms with van der Waals surface area (Å²) in [5.41, 5.74) is 3.33. The minimum Gasteiger partial charge on any atom is -0.423 e. The molecule has 0 saturated heterocycles. The number of hydrogen-bond acceptors (Lipinski definition) is 4. The smallest absolute Gasteiger partial charge is 0.338 e. The largest absolute Gasteiger partial charge is 0.423 e. The lowest BCUT2D eigenvalue weighted by atomic mass is 9.91. The molecular weight excluding hydrogens is 426 g/mol. The predicted molar refractivity (Wildman–Crippen MR) is 131 cm³/mol. The maximum Gasteiger partial charge on any atom is 0.338 e. The van der Waals surface area contributed by atoms with Crippen molar-refractivity contribution in [2.75, 3.05) is 4.90 Å². The summed E-state index contributed by atoms with van der Waals surface area (Å²) in [5, 5.41) is 1.39. The van der Waals surface area contributed by atoms with Gasteiger partial charge in [-0.2, -0.15) is 0 Å². The molecule has 2 amide bonds. The number of anilines is 1. The Balaban J connectivity index is 1.52. The van der Waals surface area contributed by atoms with Crippen molar-refractivity contribution < 1.29 is 19.1 Å². The van der Waals surface area contributed by atoms with Crippen LogP contribution in [-0.2, 0) is 4.79 Å². The van der Waals surface area contributed by atoms with Crippen LogP contribution in [0.5, 0.6) is 5.75 Å². The van der Waals surface area contributed by atoms with Gasteiger partial charge < -0.3 is 4.74 Å². The molecule has 0 fully saturated rings. The van der Waals surface area contributed by atoms with Crippen LogP contribution in [0.4, 0.5) is 5.69 Å². The van der Waals surface area contributed by atoms with Crippen molar-refractivity contribution in [3.8, 4) is 17.6 Å². The number of imide groups is 1. The summed E-state index contributed by atoms with van der Waals surface area (Å²) in [5.74, 6) is 5.29. The van der Waals surface area contributed by atoms with Gasteiger partial charge in [-0.25, -0.2) is 9.69 Å². The summed E-state index contributed by atoms with van der Waals surface area (Å²) in [6, 6.07) is 15.2. The number of esters is 1. The monoisotopic (exact) mass is 445 g/mol. The summed E-state index contributed by atoms with van der Waals surface area (Å²) in [4.78, 5) is 39.7. The Bertz CT molecular complexity index is 1510. The molecule has 5 rings (SSSR count). The molecule has 1 heterocycles. The second-order valence-corrected chi connectivity index (χ2v) is 8.07. The minimum absolute atomic E-state index is 0.274. The van der Waals surface area contributed by atoms with Gasteiger partial charge in [-0.3, -0.25) is 9.59 Å². The van der Waals surface area contributed by atoms with Gasteiger partial charge >= 0.3 is 5.97 Å². The fourth-order valence-electron chi connectivity index (χ4n) is 3.98. The van der Waals surface area contributed by atoms with Gasteiger partial charge in [-0.05, 0) is 61.2 Å². The average molecular weight is 445 g/mol. The molecule has 1 aliphatic heterocycles. The molecule has 3 aromatic carbocycles. The van der Waals surface area contributed by atoms with Crippen LogP contribution in [0.15, 0.2) is 90.6 Å². The molecule has 0 unspecified atom stereocenters. The van der Waals surface area contributed by atoms with Crippen molar-refractivity contribution in [3.05, 3.63) is 107 Å². The topological polar surface area (TPSA) is 63.7 Å². The Kier molecular flexibility index (Phi) is 5.19. The first-order valence-corrected chi connectivity index (χ1v) is 10.7. The van der Waals surface area contributed by atoms with Crippen LogP contribution in [-0.4, -0.2) is 17.8 Å². The van der Waals surface area contributed by atoms with Crippen LogP contribution in [0.25, 0.3) is 10.8 Å². The van der Waals surface area contributed by atoms with E-state index in [1.807, 2.05) is 30.4 Å². The van der Waals surface area contributed by atoms with Crippen LogP contribution in [0.2, 0.25) is 0 Å². The summed E-state index contributed by atoms with van der Waals surface area (Å²) < 4.78 is 5.20. The Morgan fingerprint density at radius 3 is 2.38 bits per heavy atom. The van der Waals surface area contributed by atoms with E-state index in [0.717, 1.165) is 27.8 Å². The van der Waals surface area contributed by atoms with Crippen LogP contribution in [0.3, 0.4) is 0 Å². The second-order valence-electron chi connectivity index (χ2n) is 8.07. The Morgan fingerprint density at radius 1 is 0.971 bits per heavy atom. The van der Waals surface area contributed by atoms with E-state index in [1.165, 1.54) is 12.1 Å². The molecule has 1 aliphatic carbocycles. The molecule has 0 bridgehead atoms. The van der Waals surface area contributed by atoms with Crippen molar-refractivity contribution in [3.63, 3.8) is 0 Å². The number of carbonyl (C=O) groups is 3. The van der Waals surface area contributed by atoms with Gasteiger partial charge in [-0.1, -0.05) is 48.8 Å². The van der Waals surface area contributed by atoms with Gasteiger partial charge in [0.1, 0.15) is 5.75 Å². The lowest BCUT2D eigenvalue weighted by molar-refractivity contribution is -0.130. The number of carbonyl (C=O) groups excluding carboxylic acids is 3. The highest BCUT2D eigenvalue weighted by atomic mass is 16.5. The third kappa shape index (κ3) is 3.62. The van der Waals surface area contributed by atoms with E-state index in [1.54, 1.807) is 37.3 Å². The summed E-state index contributed by atoms with van der Waals surface area (Å²) >= 11 is 0. The van der Waals surface area contributed by atoms with Gasteiger partial charge in [0.05, 0.1) is 5.69 Å². The van der Waals surface area contributed by atoms with Crippen molar-refractivity contribution in [2.24, 2.45) is 0 Å². The molecule has 0 atom stereocenters. The van der Waals surface area contributed by atoms with Gasteiger partial charge in [0.25, 0.3) is 11.8 Å². The number of hydrogen-bond donors (Lipinski definition) is 0. The van der Waals surface area contributed by atoms with Crippen molar-refractivity contribution in [1.29, 1.82) is 0 Å². The highest BCUT2D eigenvalue weighted by Crippen LogP contribution is 2.34. The first kappa shape index (κ1) is 21.2. The summed E-state index contributed by atoms with van der Waals surface area (Å²) in [6.45, 7) is 5.11. The highest BCUT2D eigenvalue weighted by molar-refractivity contribution is 6.36. The SMILES string of the molecule is C=C(C)C(=O)Oc1ccc(N2C(=O)c3cccc4c(C#CC5=CC=CC5)ccc(c34)C2=O)cc1. The Labute approximate surface area is 196 Å². The first-order chi connectivity index (χ1) is 16.4. The molecule has 0 spiro atoms. The van der Waals surface area contributed by atoms with Gasteiger partial charge in [0, 0.05) is 33.2 Å². The maximum atomic E-state index is 13.4. The van der Waals surface area contributed by atoms with E-state index in [0.29, 0.717) is 28.0 Å². The van der Waals surface area contributed by atoms with E-state index < -0.39 is 17.8 Å². The molecule has 34 heavy (non-hydrogen) atoms. The number of ether oxygens (including phenoxy) is 1. The highest BCUT2D eigenvalue weighted by Gasteiger charge is 2.34. The van der Waals surface area contributed by atoms with Crippen LogP contribution >= 0.6 is 0 Å². The van der Waals surface area contributed by atoms with E-state index in [-0.39, 0.29) is 5.57 Å². The number of allylic oxidation sites excluding steroid dienone is 4. The third-order valence-corrected chi connectivity index (χ3v) is 5.69. The quantitative estimate of drug-likeness (QED) is 0.179. The zero-order chi connectivity index (χ0) is 23.8. The van der Waals surface area contributed by atoms with Crippen LogP contribution in [0.1, 0.15) is 39.6 Å². The predicted octanol–water partition coefficient (Wildman–Crippen LogP) is 5.36. The van der Waals surface area contributed by atoms with Gasteiger partial charge in [0.2, 0.25) is 0 Å². The molecule has 164 valence electrons. The van der Waals surface area contributed by atoms with Gasteiger partial charge in [0.15, 0.2) is 0 Å². The van der Waals surface area contributed by atoms with Crippen molar-refractivity contribution >= 4 is 34.2 Å². The zero-order valence-electron chi connectivity index (χ0n) is 18.4. The Morgan fingerprint density at radius 2 is 1.71 bits per heavy atom. The maximum absolute atomic E-state index is 13.4. The Hall–Kier alpha value is -4.69. The molecule has 5 heteroatoms. The second kappa shape index (κ2) is 8.34. The van der Waals surface area contributed by atoms with E-state index in [4.69, 9.17) is 4.74 Å². The fraction of sp³-hybridized carbons (Fsp3) is 0.0690. The van der Waals surface area contributed by atoms with E-state index in [9.17, 15) is 14.4 Å². The lowest BCUT2D eigenvalue weighted by Gasteiger charge is -2.27. The molecule has 0 radical (unpaired) electrons.